The van der Waals surface area contributed by atoms with Gasteiger partial charge in [0.05, 0.1) is 5.92 Å². The van der Waals surface area contributed by atoms with Crippen LogP contribution in [0.5, 0.6) is 0 Å². The van der Waals surface area contributed by atoms with E-state index in [1.165, 1.54) is 22.3 Å². The van der Waals surface area contributed by atoms with Crippen molar-refractivity contribution in [2.24, 2.45) is 17.8 Å². The molecule has 3 aliphatic rings. The van der Waals surface area contributed by atoms with Crippen LogP contribution in [0.15, 0.2) is 48.5 Å². The Morgan fingerprint density at radius 1 is 0.933 bits per heavy atom. The molecule has 3 atom stereocenters. The maximum atomic E-state index is 12.8. The van der Waals surface area contributed by atoms with Crippen LogP contribution < -0.4 is 0 Å². The fraction of sp³-hybridized carbons (Fsp3) is 0.440. The van der Waals surface area contributed by atoms with Gasteiger partial charge in [0.25, 0.3) is 0 Å². The third-order valence-electron chi connectivity index (χ3n) is 7.31. The van der Waals surface area contributed by atoms with Crippen molar-refractivity contribution in [3.8, 4) is 11.1 Å². The number of rotatable bonds is 3. The molecule has 1 saturated heterocycles. The number of carboxylic acids is 1. The minimum atomic E-state index is -0.674. The molecule has 2 fully saturated rings. The zero-order valence-corrected chi connectivity index (χ0v) is 17.0. The Morgan fingerprint density at radius 2 is 1.60 bits per heavy atom. The van der Waals surface area contributed by atoms with E-state index in [0.717, 1.165) is 25.7 Å². The second kappa shape index (κ2) is 7.78. The third-order valence-corrected chi connectivity index (χ3v) is 7.31. The van der Waals surface area contributed by atoms with E-state index in [2.05, 4.69) is 24.3 Å². The number of hydrogen-bond donors (Lipinski definition) is 1. The van der Waals surface area contributed by atoms with Crippen LogP contribution in [-0.2, 0) is 9.53 Å². The Labute approximate surface area is 176 Å². The monoisotopic (exact) mass is 405 g/mol. The molecule has 2 aromatic carbocycles. The fourth-order valence-electron chi connectivity index (χ4n) is 5.69. The molecule has 1 amide bonds. The van der Waals surface area contributed by atoms with Crippen molar-refractivity contribution in [3.63, 3.8) is 0 Å². The highest BCUT2D eigenvalue weighted by Gasteiger charge is 2.39. The van der Waals surface area contributed by atoms with E-state index < -0.39 is 5.97 Å². The average molecular weight is 405 g/mol. The van der Waals surface area contributed by atoms with Gasteiger partial charge >= 0.3 is 12.1 Å². The van der Waals surface area contributed by atoms with Crippen LogP contribution in [0, 0.1) is 17.8 Å². The smallest absolute Gasteiger partial charge is 0.409 e. The van der Waals surface area contributed by atoms with Crippen molar-refractivity contribution in [2.75, 3.05) is 19.7 Å². The number of hydrogen-bond acceptors (Lipinski definition) is 3. The highest BCUT2D eigenvalue weighted by atomic mass is 16.6. The molecule has 156 valence electrons. The van der Waals surface area contributed by atoms with Gasteiger partial charge in [-0.05, 0) is 59.8 Å². The van der Waals surface area contributed by atoms with Crippen molar-refractivity contribution >= 4 is 12.1 Å². The van der Waals surface area contributed by atoms with E-state index >= 15 is 0 Å². The summed E-state index contributed by atoms with van der Waals surface area (Å²) in [4.78, 5) is 26.0. The molecule has 1 aliphatic heterocycles. The molecule has 5 heteroatoms. The van der Waals surface area contributed by atoms with E-state index in [4.69, 9.17) is 4.74 Å². The van der Waals surface area contributed by atoms with Crippen LogP contribution in [0.4, 0.5) is 4.79 Å². The minimum Gasteiger partial charge on any atom is -0.481 e. The van der Waals surface area contributed by atoms with Gasteiger partial charge in [0.2, 0.25) is 0 Å². The van der Waals surface area contributed by atoms with E-state index in [1.807, 2.05) is 29.2 Å². The predicted octanol–water partition coefficient (Wildman–Crippen LogP) is 4.76. The number of ether oxygens (including phenoxy) is 1. The average Bonchev–Trinajstić information content (AvgIpc) is 3.10. The first-order valence-corrected chi connectivity index (χ1v) is 10.9. The lowest BCUT2D eigenvalue weighted by Crippen LogP contribution is -2.46. The number of carboxylic acid groups (broad SMARTS) is 1. The number of carbonyl (C=O) groups is 2. The van der Waals surface area contributed by atoms with E-state index in [1.54, 1.807) is 0 Å². The Morgan fingerprint density at radius 3 is 2.27 bits per heavy atom. The summed E-state index contributed by atoms with van der Waals surface area (Å²) in [5, 5.41) is 9.30. The summed E-state index contributed by atoms with van der Waals surface area (Å²) in [7, 11) is 0. The first kappa shape index (κ1) is 19.2. The van der Waals surface area contributed by atoms with E-state index in [-0.39, 0.29) is 17.9 Å². The summed E-state index contributed by atoms with van der Waals surface area (Å²) in [6.07, 6.45) is 2.98. The molecular weight excluding hydrogens is 378 g/mol. The molecule has 2 aliphatic carbocycles. The number of piperidine rings is 1. The topological polar surface area (TPSA) is 66.8 Å². The van der Waals surface area contributed by atoms with Gasteiger partial charge in [0.15, 0.2) is 0 Å². The zero-order chi connectivity index (χ0) is 20.7. The molecule has 0 bridgehead atoms. The summed E-state index contributed by atoms with van der Waals surface area (Å²) in [5.74, 6) is -0.00289. The molecule has 0 aromatic heterocycles. The van der Waals surface area contributed by atoms with E-state index in [9.17, 15) is 14.7 Å². The van der Waals surface area contributed by atoms with Crippen molar-refractivity contribution in [1.82, 2.24) is 4.90 Å². The summed E-state index contributed by atoms with van der Waals surface area (Å²) in [6.45, 7) is 1.69. The molecule has 2 aromatic rings. The number of aliphatic carboxylic acids is 1. The summed E-state index contributed by atoms with van der Waals surface area (Å²) in [5.41, 5.74) is 4.89. The number of likely N-dealkylation sites (tertiary alicyclic amines) is 1. The molecule has 30 heavy (non-hydrogen) atoms. The Bertz CT molecular complexity index is 926. The SMILES string of the molecule is O=C(O)C1CCC2CN(C(=O)OCC3c4ccccc4-c4ccccc43)CCC2C1. The van der Waals surface area contributed by atoms with Gasteiger partial charge in [0.1, 0.15) is 6.61 Å². The highest BCUT2D eigenvalue weighted by molar-refractivity contribution is 5.79. The summed E-state index contributed by atoms with van der Waals surface area (Å²) >= 11 is 0. The summed E-state index contributed by atoms with van der Waals surface area (Å²) in [6, 6.07) is 16.7. The molecule has 0 radical (unpaired) electrons. The van der Waals surface area contributed by atoms with Crippen molar-refractivity contribution in [1.29, 1.82) is 0 Å². The zero-order valence-electron chi connectivity index (χ0n) is 17.0. The Kier molecular flexibility index (Phi) is 4.97. The van der Waals surface area contributed by atoms with Crippen LogP contribution in [0.1, 0.15) is 42.7 Å². The Hall–Kier alpha value is -2.82. The Balaban J connectivity index is 1.23. The minimum absolute atomic E-state index is 0.0740. The third kappa shape index (κ3) is 3.36. The number of fused-ring (bicyclic) bond motifs is 4. The quantitative estimate of drug-likeness (QED) is 0.800. The second-order valence-corrected chi connectivity index (χ2v) is 8.91. The van der Waals surface area contributed by atoms with Gasteiger partial charge in [0, 0.05) is 19.0 Å². The maximum Gasteiger partial charge on any atom is 0.409 e. The second-order valence-electron chi connectivity index (χ2n) is 8.91. The van der Waals surface area contributed by atoms with Crippen LogP contribution in [0.25, 0.3) is 11.1 Å². The summed E-state index contributed by atoms with van der Waals surface area (Å²) < 4.78 is 5.81. The van der Waals surface area contributed by atoms with Gasteiger partial charge in [-0.15, -0.1) is 0 Å². The maximum absolute atomic E-state index is 12.8. The van der Waals surface area contributed by atoms with Gasteiger partial charge < -0.3 is 14.7 Å². The molecule has 3 unspecified atom stereocenters. The number of carbonyl (C=O) groups excluding carboxylic acids is 1. The van der Waals surface area contributed by atoms with Gasteiger partial charge in [-0.3, -0.25) is 4.79 Å². The lowest BCUT2D eigenvalue weighted by molar-refractivity contribution is -0.144. The molecule has 5 rings (SSSR count). The van der Waals surface area contributed by atoms with Crippen LogP contribution in [0.3, 0.4) is 0 Å². The highest BCUT2D eigenvalue weighted by Crippen LogP contribution is 2.45. The normalized spacial score (nSPS) is 25.2. The molecule has 1 heterocycles. The van der Waals surface area contributed by atoms with Gasteiger partial charge in [-0.1, -0.05) is 48.5 Å². The largest absolute Gasteiger partial charge is 0.481 e. The molecule has 1 N–H and O–H groups in total. The van der Waals surface area contributed by atoms with Gasteiger partial charge in [-0.2, -0.15) is 0 Å². The van der Waals surface area contributed by atoms with E-state index in [0.29, 0.717) is 31.5 Å². The van der Waals surface area contributed by atoms with Crippen LogP contribution in [0.2, 0.25) is 0 Å². The first-order valence-electron chi connectivity index (χ1n) is 10.9. The lowest BCUT2D eigenvalue weighted by Gasteiger charge is -2.42. The molecular formula is C25H27NO4. The van der Waals surface area contributed by atoms with Crippen molar-refractivity contribution in [2.45, 2.75) is 31.6 Å². The van der Waals surface area contributed by atoms with Gasteiger partial charge in [-0.25, -0.2) is 4.79 Å². The number of nitrogens with zero attached hydrogens (tertiary/aromatic N) is 1. The van der Waals surface area contributed by atoms with Crippen LogP contribution in [-0.4, -0.2) is 41.8 Å². The standard InChI is InChI=1S/C25H27NO4/c27-24(28)17-9-10-18-14-26(12-11-16(18)13-17)25(29)30-15-23-21-7-3-1-5-19(21)20-6-2-4-8-22(20)23/h1-8,16-18,23H,9-15H2,(H,27,28). The lowest BCUT2D eigenvalue weighted by atomic mass is 9.71. The molecule has 5 nitrogen and oxygen atoms in total. The predicted molar refractivity (Wildman–Crippen MR) is 113 cm³/mol. The van der Waals surface area contributed by atoms with Crippen molar-refractivity contribution in [3.05, 3.63) is 59.7 Å². The first-order chi connectivity index (χ1) is 14.6. The molecule has 1 saturated carbocycles. The number of amides is 1. The number of benzene rings is 2. The fourth-order valence-corrected chi connectivity index (χ4v) is 5.69. The van der Waals surface area contributed by atoms with Crippen LogP contribution >= 0.6 is 0 Å². The van der Waals surface area contributed by atoms with Crippen molar-refractivity contribution < 1.29 is 19.4 Å². The molecule has 0 spiro atoms.